The summed E-state index contributed by atoms with van der Waals surface area (Å²) in [6.07, 6.45) is 63.5. The van der Waals surface area contributed by atoms with Gasteiger partial charge in [0.05, 0.1) is 0 Å². The summed E-state index contributed by atoms with van der Waals surface area (Å²) in [5.74, 6) is -0.850. The molecule has 0 bridgehead atoms. The van der Waals surface area contributed by atoms with Gasteiger partial charge in [0.2, 0.25) is 0 Å². The second kappa shape index (κ2) is 55.7. The summed E-state index contributed by atoms with van der Waals surface area (Å²) in [6, 6.07) is 0. The molecule has 0 aromatic rings. The molecule has 1 atom stereocenters. The maximum atomic E-state index is 12.9. The number of ether oxygens (including phenoxy) is 3. The van der Waals surface area contributed by atoms with Gasteiger partial charge in [-0.25, -0.2) is 0 Å². The van der Waals surface area contributed by atoms with E-state index in [4.69, 9.17) is 14.2 Å². The molecular formula is C60H114O6. The molecule has 0 saturated heterocycles. The first-order chi connectivity index (χ1) is 32.5. The fourth-order valence-corrected chi connectivity index (χ4v) is 9.03. The Bertz CT molecular complexity index is 1020. The Labute approximate surface area is 411 Å². The highest BCUT2D eigenvalue weighted by Crippen LogP contribution is 2.17. The Morgan fingerprint density at radius 2 is 0.500 bits per heavy atom. The molecule has 0 saturated carbocycles. The van der Waals surface area contributed by atoms with Gasteiger partial charge >= 0.3 is 17.9 Å². The van der Waals surface area contributed by atoms with Gasteiger partial charge in [-0.15, -0.1) is 0 Å². The summed E-state index contributed by atoms with van der Waals surface area (Å²) >= 11 is 0. The van der Waals surface area contributed by atoms with E-state index in [1.807, 2.05) is 0 Å². The van der Waals surface area contributed by atoms with Crippen LogP contribution < -0.4 is 0 Å². The predicted molar refractivity (Wildman–Crippen MR) is 284 cm³/mol. The molecule has 0 fully saturated rings. The van der Waals surface area contributed by atoms with Crippen molar-refractivity contribution in [3.05, 3.63) is 12.2 Å². The standard InChI is InChI=1S/C60H114O6/c1-4-7-10-13-16-19-22-25-27-29-30-31-33-35-38-41-44-47-50-53-59(62)65-56-57(55-64-58(61)52-49-46-43-40-37-34-24-21-18-15-12-9-6-3)66-60(63)54-51-48-45-42-39-36-32-28-26-23-20-17-14-11-8-5-2/h21,24,57H,4-20,22-23,25-56H2,1-3H3/b24-21-. The molecule has 0 spiro atoms. The van der Waals surface area contributed by atoms with Gasteiger partial charge in [0.25, 0.3) is 0 Å². The molecule has 0 aliphatic rings. The molecule has 0 heterocycles. The summed E-state index contributed by atoms with van der Waals surface area (Å²) in [6.45, 7) is 6.68. The van der Waals surface area contributed by atoms with Crippen LogP contribution in [0.2, 0.25) is 0 Å². The number of hydrogen-bond donors (Lipinski definition) is 0. The highest BCUT2D eigenvalue weighted by Gasteiger charge is 2.19. The first-order valence-electron chi connectivity index (χ1n) is 29.7. The quantitative estimate of drug-likeness (QED) is 0.0262. The van der Waals surface area contributed by atoms with Gasteiger partial charge in [0.15, 0.2) is 6.10 Å². The van der Waals surface area contributed by atoms with E-state index in [1.54, 1.807) is 0 Å². The maximum absolute atomic E-state index is 12.9. The molecule has 0 aromatic carbocycles. The van der Waals surface area contributed by atoms with Crippen molar-refractivity contribution in [3.8, 4) is 0 Å². The number of hydrogen-bond acceptors (Lipinski definition) is 6. The average Bonchev–Trinajstić information content (AvgIpc) is 3.31. The van der Waals surface area contributed by atoms with Gasteiger partial charge in [0.1, 0.15) is 13.2 Å². The highest BCUT2D eigenvalue weighted by atomic mass is 16.6. The van der Waals surface area contributed by atoms with E-state index in [1.165, 1.54) is 231 Å². The Morgan fingerprint density at radius 1 is 0.288 bits per heavy atom. The third kappa shape index (κ3) is 53.1. The van der Waals surface area contributed by atoms with Crippen LogP contribution in [0.3, 0.4) is 0 Å². The minimum absolute atomic E-state index is 0.0663. The summed E-state index contributed by atoms with van der Waals surface area (Å²) in [5, 5.41) is 0. The van der Waals surface area contributed by atoms with E-state index >= 15 is 0 Å². The highest BCUT2D eigenvalue weighted by molar-refractivity contribution is 5.71. The number of unbranched alkanes of at least 4 members (excludes halogenated alkanes) is 42. The maximum Gasteiger partial charge on any atom is 0.306 e. The summed E-state index contributed by atoms with van der Waals surface area (Å²) < 4.78 is 16.9. The van der Waals surface area contributed by atoms with Gasteiger partial charge in [0, 0.05) is 19.3 Å². The molecule has 0 aromatic heterocycles. The largest absolute Gasteiger partial charge is 0.462 e. The van der Waals surface area contributed by atoms with E-state index in [0.29, 0.717) is 19.3 Å². The number of esters is 3. The molecule has 6 heteroatoms. The van der Waals surface area contributed by atoms with Crippen LogP contribution in [0.5, 0.6) is 0 Å². The molecule has 0 amide bonds. The predicted octanol–water partition coefficient (Wildman–Crippen LogP) is 19.7. The Kier molecular flexibility index (Phi) is 54.2. The van der Waals surface area contributed by atoms with Crippen LogP contribution in [0.25, 0.3) is 0 Å². The van der Waals surface area contributed by atoms with Crippen molar-refractivity contribution in [2.24, 2.45) is 0 Å². The normalized spacial score (nSPS) is 12.0. The minimum atomic E-state index is -0.767. The third-order valence-electron chi connectivity index (χ3n) is 13.5. The zero-order chi connectivity index (χ0) is 47.9. The van der Waals surface area contributed by atoms with E-state index < -0.39 is 6.10 Å². The van der Waals surface area contributed by atoms with Crippen molar-refractivity contribution < 1.29 is 28.6 Å². The van der Waals surface area contributed by atoms with Crippen LogP contribution in [0, 0.1) is 0 Å². The first kappa shape index (κ1) is 64.2. The van der Waals surface area contributed by atoms with Crippen molar-refractivity contribution in [2.45, 2.75) is 341 Å². The molecule has 0 N–H and O–H groups in total. The van der Waals surface area contributed by atoms with E-state index in [0.717, 1.165) is 64.2 Å². The summed E-state index contributed by atoms with van der Waals surface area (Å²) in [4.78, 5) is 38.1. The zero-order valence-electron chi connectivity index (χ0n) is 44.7. The van der Waals surface area contributed by atoms with Gasteiger partial charge in [-0.1, -0.05) is 283 Å². The number of carbonyl (C=O) groups excluding carboxylic acids is 3. The first-order valence-corrected chi connectivity index (χ1v) is 29.7. The van der Waals surface area contributed by atoms with Crippen molar-refractivity contribution >= 4 is 17.9 Å². The number of rotatable bonds is 55. The topological polar surface area (TPSA) is 78.9 Å². The van der Waals surface area contributed by atoms with Crippen LogP contribution in [0.1, 0.15) is 335 Å². The van der Waals surface area contributed by atoms with E-state index in [2.05, 4.69) is 32.9 Å². The lowest BCUT2D eigenvalue weighted by Gasteiger charge is -2.18. The summed E-state index contributed by atoms with van der Waals surface area (Å²) in [5.41, 5.74) is 0. The molecule has 66 heavy (non-hydrogen) atoms. The molecule has 1 unspecified atom stereocenters. The summed E-state index contributed by atoms with van der Waals surface area (Å²) in [7, 11) is 0. The molecule has 6 nitrogen and oxygen atoms in total. The lowest BCUT2D eigenvalue weighted by Crippen LogP contribution is -2.30. The fraction of sp³-hybridized carbons (Fsp3) is 0.917. The van der Waals surface area contributed by atoms with E-state index in [9.17, 15) is 14.4 Å². The van der Waals surface area contributed by atoms with Crippen molar-refractivity contribution in [3.63, 3.8) is 0 Å². The number of carbonyl (C=O) groups is 3. The lowest BCUT2D eigenvalue weighted by atomic mass is 10.0. The lowest BCUT2D eigenvalue weighted by molar-refractivity contribution is -0.167. The number of allylic oxidation sites excluding steroid dienone is 2. The molecule has 390 valence electrons. The SMILES string of the molecule is CCCCCC/C=C\CCCCCCCC(=O)OCC(COC(=O)CCCCCCCCCCCCCCCCCCCCC)OC(=O)CCCCCCCCCCCCCCCCCC. The van der Waals surface area contributed by atoms with Crippen molar-refractivity contribution in [1.29, 1.82) is 0 Å². The van der Waals surface area contributed by atoms with Crippen molar-refractivity contribution in [2.75, 3.05) is 13.2 Å². The minimum Gasteiger partial charge on any atom is -0.462 e. The van der Waals surface area contributed by atoms with Crippen LogP contribution in [-0.4, -0.2) is 37.2 Å². The molecule has 0 rings (SSSR count). The Morgan fingerprint density at radius 3 is 0.773 bits per heavy atom. The molecule has 0 aliphatic heterocycles. The van der Waals surface area contributed by atoms with Crippen LogP contribution in [-0.2, 0) is 28.6 Å². The second-order valence-electron chi connectivity index (χ2n) is 20.3. The van der Waals surface area contributed by atoms with Gasteiger partial charge in [-0.05, 0) is 44.9 Å². The molecular weight excluding hydrogens is 817 g/mol. The average molecular weight is 932 g/mol. The zero-order valence-corrected chi connectivity index (χ0v) is 44.7. The monoisotopic (exact) mass is 931 g/mol. The van der Waals surface area contributed by atoms with Gasteiger partial charge < -0.3 is 14.2 Å². The van der Waals surface area contributed by atoms with Crippen molar-refractivity contribution in [1.82, 2.24) is 0 Å². The van der Waals surface area contributed by atoms with E-state index in [-0.39, 0.29) is 31.1 Å². The fourth-order valence-electron chi connectivity index (χ4n) is 9.03. The van der Waals surface area contributed by atoms with Crippen LogP contribution in [0.4, 0.5) is 0 Å². The van der Waals surface area contributed by atoms with Gasteiger partial charge in [-0.3, -0.25) is 14.4 Å². The Balaban J connectivity index is 4.28. The Hall–Kier alpha value is -1.85. The van der Waals surface area contributed by atoms with Crippen LogP contribution >= 0.6 is 0 Å². The third-order valence-corrected chi connectivity index (χ3v) is 13.5. The molecule has 0 aliphatic carbocycles. The molecule has 0 radical (unpaired) electrons. The smallest absolute Gasteiger partial charge is 0.306 e. The van der Waals surface area contributed by atoms with Gasteiger partial charge in [-0.2, -0.15) is 0 Å². The van der Waals surface area contributed by atoms with Crippen LogP contribution in [0.15, 0.2) is 12.2 Å². The second-order valence-corrected chi connectivity index (χ2v) is 20.3.